The largest absolute Gasteiger partial charge is 0.457 e. The van der Waals surface area contributed by atoms with Gasteiger partial charge in [-0.05, 0) is 87.0 Å². The third kappa shape index (κ3) is 5.29. The van der Waals surface area contributed by atoms with E-state index in [-0.39, 0.29) is 0 Å². The van der Waals surface area contributed by atoms with Crippen molar-refractivity contribution in [2.24, 2.45) is 0 Å². The number of benzene rings is 8. The van der Waals surface area contributed by atoms with E-state index in [9.17, 15) is 5.26 Å². The fourth-order valence-electron chi connectivity index (χ4n) is 8.90. The molecule has 8 aromatic carbocycles. The fraction of sp³-hybridized carbons (Fsp3) is 0.0185. The molecule has 1 aromatic heterocycles. The molecule has 4 heteroatoms. The van der Waals surface area contributed by atoms with Gasteiger partial charge in [-0.1, -0.05) is 158 Å². The van der Waals surface area contributed by atoms with Gasteiger partial charge in [-0.3, -0.25) is 0 Å². The first-order valence-electron chi connectivity index (χ1n) is 19.4. The first-order valence-corrected chi connectivity index (χ1v) is 19.4. The highest BCUT2D eigenvalue weighted by atomic mass is 16.5. The Labute approximate surface area is 337 Å². The van der Waals surface area contributed by atoms with Gasteiger partial charge >= 0.3 is 0 Å². The zero-order valence-corrected chi connectivity index (χ0v) is 31.3. The van der Waals surface area contributed by atoms with Gasteiger partial charge in [-0.15, -0.1) is 0 Å². The second kappa shape index (κ2) is 13.4. The Kier molecular flexibility index (Phi) is 7.74. The molecule has 0 amide bonds. The summed E-state index contributed by atoms with van der Waals surface area (Å²) >= 11 is 0. The molecule has 1 spiro atoms. The molecule has 270 valence electrons. The van der Waals surface area contributed by atoms with E-state index in [4.69, 9.17) is 14.7 Å². The third-order valence-corrected chi connectivity index (χ3v) is 11.6. The van der Waals surface area contributed by atoms with Crippen molar-refractivity contribution in [3.05, 3.63) is 228 Å². The normalized spacial score (nSPS) is 12.7. The summed E-state index contributed by atoms with van der Waals surface area (Å²) in [6.45, 7) is 0. The molecule has 1 aliphatic heterocycles. The van der Waals surface area contributed by atoms with Crippen LogP contribution in [-0.4, -0.2) is 9.97 Å². The van der Waals surface area contributed by atoms with Crippen LogP contribution in [-0.2, 0) is 5.41 Å². The van der Waals surface area contributed by atoms with Gasteiger partial charge in [0.05, 0.1) is 28.4 Å². The van der Waals surface area contributed by atoms with Crippen molar-refractivity contribution in [1.82, 2.24) is 9.97 Å². The van der Waals surface area contributed by atoms with Crippen molar-refractivity contribution in [1.29, 1.82) is 5.26 Å². The van der Waals surface area contributed by atoms with Crippen LogP contribution in [0, 0.1) is 11.3 Å². The molecule has 4 nitrogen and oxygen atoms in total. The summed E-state index contributed by atoms with van der Waals surface area (Å²) in [5, 5.41) is 9.29. The van der Waals surface area contributed by atoms with Crippen molar-refractivity contribution in [2.75, 3.05) is 0 Å². The first kappa shape index (κ1) is 33.5. The minimum Gasteiger partial charge on any atom is -0.457 e. The van der Waals surface area contributed by atoms with Crippen LogP contribution in [0.1, 0.15) is 27.8 Å². The molecule has 11 rings (SSSR count). The minimum atomic E-state index is -0.665. The molecule has 2 aliphatic rings. The van der Waals surface area contributed by atoms with E-state index < -0.39 is 5.41 Å². The number of aromatic nitrogens is 2. The number of rotatable bonds is 5. The lowest BCUT2D eigenvalue weighted by Crippen LogP contribution is -2.32. The molecule has 0 saturated heterocycles. The molecule has 9 aromatic rings. The molecule has 0 radical (unpaired) electrons. The average molecular weight is 740 g/mol. The molecule has 0 N–H and O–H groups in total. The highest BCUT2D eigenvalue weighted by Crippen LogP contribution is 2.62. The van der Waals surface area contributed by atoms with E-state index in [1.807, 2.05) is 60.7 Å². The minimum absolute atomic E-state index is 0.655. The Bertz CT molecular complexity index is 2970. The lowest BCUT2D eigenvalue weighted by atomic mass is 9.65. The maximum atomic E-state index is 9.29. The van der Waals surface area contributed by atoms with Gasteiger partial charge < -0.3 is 4.74 Å². The smallest absolute Gasteiger partial charge is 0.160 e. The predicted molar refractivity (Wildman–Crippen MR) is 231 cm³/mol. The number of ether oxygens (including phenoxy) is 1. The average Bonchev–Trinajstić information content (AvgIpc) is 3.58. The van der Waals surface area contributed by atoms with Crippen molar-refractivity contribution in [3.63, 3.8) is 0 Å². The van der Waals surface area contributed by atoms with Crippen molar-refractivity contribution < 1.29 is 4.74 Å². The first-order chi connectivity index (χ1) is 28.7. The van der Waals surface area contributed by atoms with Crippen LogP contribution in [0.5, 0.6) is 11.5 Å². The molecule has 0 unspecified atom stereocenters. The van der Waals surface area contributed by atoms with Crippen molar-refractivity contribution >= 4 is 0 Å². The van der Waals surface area contributed by atoms with Crippen LogP contribution in [0.25, 0.3) is 67.3 Å². The van der Waals surface area contributed by atoms with E-state index in [1.54, 1.807) is 0 Å². The van der Waals surface area contributed by atoms with Crippen LogP contribution in [0.2, 0.25) is 0 Å². The number of para-hydroxylation sites is 2. The summed E-state index contributed by atoms with van der Waals surface area (Å²) in [4.78, 5) is 10.3. The van der Waals surface area contributed by atoms with Crippen LogP contribution in [0.4, 0.5) is 0 Å². The summed E-state index contributed by atoms with van der Waals surface area (Å²) in [5.41, 5.74) is 16.2. The Balaban J connectivity index is 1.12. The second-order valence-corrected chi connectivity index (χ2v) is 14.8. The molecule has 1 aliphatic carbocycles. The van der Waals surface area contributed by atoms with E-state index >= 15 is 0 Å². The van der Waals surface area contributed by atoms with E-state index in [0.717, 1.165) is 73.0 Å². The van der Waals surface area contributed by atoms with Gasteiger partial charge in [0.1, 0.15) is 11.5 Å². The summed E-state index contributed by atoms with van der Waals surface area (Å²) in [6.07, 6.45) is 0. The lowest BCUT2D eigenvalue weighted by Gasteiger charge is -2.39. The molecular weight excluding hydrogens is 707 g/mol. The molecule has 0 saturated carbocycles. The van der Waals surface area contributed by atoms with Crippen LogP contribution in [0.15, 0.2) is 200 Å². The molecule has 2 heterocycles. The molecule has 58 heavy (non-hydrogen) atoms. The third-order valence-electron chi connectivity index (χ3n) is 11.6. The van der Waals surface area contributed by atoms with Crippen molar-refractivity contribution in [2.45, 2.75) is 5.41 Å². The van der Waals surface area contributed by atoms with Crippen LogP contribution in [0.3, 0.4) is 0 Å². The zero-order chi connectivity index (χ0) is 38.6. The van der Waals surface area contributed by atoms with E-state index in [0.29, 0.717) is 11.4 Å². The number of nitrogens with zero attached hydrogens (tertiary/aromatic N) is 3. The Morgan fingerprint density at radius 1 is 0.379 bits per heavy atom. The predicted octanol–water partition coefficient (Wildman–Crippen LogP) is 13.2. The van der Waals surface area contributed by atoms with E-state index in [1.165, 1.54) is 22.3 Å². The van der Waals surface area contributed by atoms with Gasteiger partial charge in [0.2, 0.25) is 0 Å². The highest BCUT2D eigenvalue weighted by molar-refractivity contribution is 5.92. The number of hydrogen-bond donors (Lipinski definition) is 0. The second-order valence-electron chi connectivity index (χ2n) is 14.8. The maximum absolute atomic E-state index is 9.29. The van der Waals surface area contributed by atoms with Crippen LogP contribution >= 0.6 is 0 Å². The summed E-state index contributed by atoms with van der Waals surface area (Å²) < 4.78 is 6.68. The topological polar surface area (TPSA) is 58.8 Å². The summed E-state index contributed by atoms with van der Waals surface area (Å²) in [5.74, 6) is 2.39. The van der Waals surface area contributed by atoms with Gasteiger partial charge in [0.25, 0.3) is 0 Å². The summed E-state index contributed by atoms with van der Waals surface area (Å²) in [6, 6.07) is 72.0. The Morgan fingerprint density at radius 2 is 0.828 bits per heavy atom. The Hall–Kier alpha value is -7.87. The van der Waals surface area contributed by atoms with Gasteiger partial charge in [-0.25, -0.2) is 9.97 Å². The quantitative estimate of drug-likeness (QED) is 0.176. The lowest BCUT2D eigenvalue weighted by molar-refractivity contribution is 0.436. The summed E-state index contributed by atoms with van der Waals surface area (Å²) in [7, 11) is 0. The monoisotopic (exact) mass is 739 g/mol. The van der Waals surface area contributed by atoms with Crippen molar-refractivity contribution in [3.8, 4) is 84.9 Å². The molecule has 0 bridgehead atoms. The molecule has 0 fully saturated rings. The number of hydrogen-bond acceptors (Lipinski definition) is 4. The SMILES string of the molecule is N#Cc1ccc(-c2ccc(-c3ccc4c(c3)C3(c5ccccc5Oc5ccccc53)c3cc(-c5cc(-c6ccccc6)nc(-c6ccccc6)n5)ccc3-4)cc2)cc1. The van der Waals surface area contributed by atoms with E-state index in [2.05, 4.69) is 146 Å². The highest BCUT2D eigenvalue weighted by Gasteiger charge is 2.51. The van der Waals surface area contributed by atoms with Crippen LogP contribution < -0.4 is 4.74 Å². The number of nitriles is 1. The van der Waals surface area contributed by atoms with Gasteiger partial charge in [-0.2, -0.15) is 5.26 Å². The molecular formula is C54H33N3O. The maximum Gasteiger partial charge on any atom is 0.160 e. The Morgan fingerprint density at radius 3 is 1.41 bits per heavy atom. The van der Waals surface area contributed by atoms with Gasteiger partial charge in [0, 0.05) is 27.8 Å². The zero-order valence-electron chi connectivity index (χ0n) is 31.3. The molecule has 0 atom stereocenters. The van der Waals surface area contributed by atoms with Gasteiger partial charge in [0.15, 0.2) is 5.82 Å². The number of fused-ring (bicyclic) bond motifs is 9. The fourth-order valence-corrected chi connectivity index (χ4v) is 8.90. The standard InChI is InChI=1S/C54H33N3O/c55-34-35-19-21-36(22-20-35)37-23-25-38(26-24-37)41-27-29-43-44-30-28-42(50-33-49(39-11-3-1-4-12-39)56-53(57-50)40-13-5-2-6-14-40)32-48(44)54(47(43)31-41)45-15-7-9-17-51(45)58-52-18-10-8-16-46(52)54/h1-33H.